The molecule has 7 nitrogen and oxygen atoms in total. The lowest BCUT2D eigenvalue weighted by atomic mass is 10.1. The molecule has 1 heterocycles. The summed E-state index contributed by atoms with van der Waals surface area (Å²) in [6, 6.07) is 0. The maximum atomic E-state index is 11.3. The minimum Gasteiger partial charge on any atom is -0.357 e. The van der Waals surface area contributed by atoms with Crippen molar-refractivity contribution in [1.29, 1.82) is 0 Å². The molecule has 0 saturated carbocycles. The molecule has 0 amide bonds. The van der Waals surface area contributed by atoms with Gasteiger partial charge in [-0.1, -0.05) is 20.3 Å². The Balaban J connectivity index is 3.30. The highest BCUT2D eigenvalue weighted by atomic mass is 16.6. The summed E-state index contributed by atoms with van der Waals surface area (Å²) in [5, 5.41) is 14.1. The molecule has 1 rings (SSSR count). The number of hydrogen-bond donors (Lipinski definition) is 1. The van der Waals surface area contributed by atoms with Crippen LogP contribution in [0.25, 0.3) is 0 Å². The van der Waals surface area contributed by atoms with Crippen LogP contribution in [-0.2, 0) is 0 Å². The number of aromatic nitrogens is 2. The molecule has 112 valence electrons. The molecule has 1 aromatic rings. The van der Waals surface area contributed by atoms with Crippen molar-refractivity contribution >= 4 is 17.5 Å². The van der Waals surface area contributed by atoms with Crippen molar-refractivity contribution < 1.29 is 4.92 Å². The zero-order valence-corrected chi connectivity index (χ0v) is 12.8. The first-order valence-electron chi connectivity index (χ1n) is 6.90. The number of nitro groups is 1. The second-order valence-corrected chi connectivity index (χ2v) is 4.86. The summed E-state index contributed by atoms with van der Waals surface area (Å²) in [6.07, 6.45) is 1.02. The Morgan fingerprint density at radius 1 is 1.40 bits per heavy atom. The summed E-state index contributed by atoms with van der Waals surface area (Å²) in [7, 11) is 1.70. The average Bonchev–Trinajstić information content (AvgIpc) is 2.42. The van der Waals surface area contributed by atoms with Gasteiger partial charge < -0.3 is 10.2 Å². The number of nitrogens with zero attached hydrogens (tertiary/aromatic N) is 4. The highest BCUT2D eigenvalue weighted by Gasteiger charge is 2.26. The van der Waals surface area contributed by atoms with Crippen LogP contribution in [0, 0.1) is 23.0 Å². The number of rotatable bonds is 7. The topological polar surface area (TPSA) is 84.2 Å². The summed E-state index contributed by atoms with van der Waals surface area (Å²) in [6.45, 7) is 9.26. The van der Waals surface area contributed by atoms with Crippen LogP contribution in [0.3, 0.4) is 0 Å². The van der Waals surface area contributed by atoms with Gasteiger partial charge in [-0.25, -0.2) is 4.98 Å². The Morgan fingerprint density at radius 3 is 2.50 bits per heavy atom. The molecule has 0 spiro atoms. The number of anilines is 2. The van der Waals surface area contributed by atoms with Crippen LogP contribution in [0.15, 0.2) is 0 Å². The van der Waals surface area contributed by atoms with E-state index in [-0.39, 0.29) is 5.69 Å². The average molecular weight is 281 g/mol. The van der Waals surface area contributed by atoms with Gasteiger partial charge in [0.2, 0.25) is 11.8 Å². The van der Waals surface area contributed by atoms with Gasteiger partial charge in [-0.05, 0) is 19.8 Å². The smallest absolute Gasteiger partial charge is 0.332 e. The monoisotopic (exact) mass is 281 g/mol. The van der Waals surface area contributed by atoms with Crippen molar-refractivity contribution in [3.63, 3.8) is 0 Å². The van der Waals surface area contributed by atoms with Crippen molar-refractivity contribution in [3.05, 3.63) is 15.8 Å². The fourth-order valence-corrected chi connectivity index (χ4v) is 1.97. The van der Waals surface area contributed by atoms with Gasteiger partial charge in [0.1, 0.15) is 5.69 Å². The summed E-state index contributed by atoms with van der Waals surface area (Å²) < 4.78 is 0. The lowest BCUT2D eigenvalue weighted by molar-refractivity contribution is -0.385. The normalized spacial score (nSPS) is 12.1. The molecule has 0 aromatic carbocycles. The van der Waals surface area contributed by atoms with Crippen molar-refractivity contribution in [2.24, 2.45) is 5.92 Å². The van der Waals surface area contributed by atoms with Crippen LogP contribution in [0.4, 0.5) is 17.5 Å². The molecule has 0 aliphatic carbocycles. The van der Waals surface area contributed by atoms with E-state index in [0.717, 1.165) is 13.0 Å². The molecule has 0 saturated heterocycles. The molecule has 7 heteroatoms. The first-order chi connectivity index (χ1) is 9.44. The highest BCUT2D eigenvalue weighted by Crippen LogP contribution is 2.30. The summed E-state index contributed by atoms with van der Waals surface area (Å²) in [5.41, 5.74) is 0.376. The molecular formula is C13H23N5O2. The Kier molecular flexibility index (Phi) is 5.66. The lowest BCUT2D eigenvalue weighted by Crippen LogP contribution is -2.30. The van der Waals surface area contributed by atoms with Crippen LogP contribution in [0.5, 0.6) is 0 Å². The van der Waals surface area contributed by atoms with E-state index >= 15 is 0 Å². The maximum absolute atomic E-state index is 11.3. The molecule has 1 atom stereocenters. The Labute approximate surface area is 119 Å². The van der Waals surface area contributed by atoms with Gasteiger partial charge in [-0.2, -0.15) is 4.98 Å². The standard InChI is InChI=1S/C13H23N5O2/c1-6-9(3)8-17(7-2)12-11(18(19)20)10(4)15-13(14-5)16-12/h9H,6-8H2,1-5H3,(H,14,15,16). The number of hydrogen-bond acceptors (Lipinski definition) is 6. The fourth-order valence-electron chi connectivity index (χ4n) is 1.97. The van der Waals surface area contributed by atoms with Crippen molar-refractivity contribution in [3.8, 4) is 0 Å². The molecule has 0 fully saturated rings. The van der Waals surface area contributed by atoms with E-state index in [2.05, 4.69) is 29.1 Å². The van der Waals surface area contributed by atoms with E-state index in [1.54, 1.807) is 14.0 Å². The van der Waals surface area contributed by atoms with Crippen molar-refractivity contribution in [2.45, 2.75) is 34.1 Å². The van der Waals surface area contributed by atoms with E-state index in [9.17, 15) is 10.1 Å². The van der Waals surface area contributed by atoms with Crippen molar-refractivity contribution in [2.75, 3.05) is 30.4 Å². The summed E-state index contributed by atoms with van der Waals surface area (Å²) in [4.78, 5) is 21.2. The molecule has 0 aliphatic rings. The molecule has 1 unspecified atom stereocenters. The van der Waals surface area contributed by atoms with Crippen LogP contribution in [0.1, 0.15) is 32.9 Å². The third-order valence-electron chi connectivity index (χ3n) is 3.36. The highest BCUT2D eigenvalue weighted by molar-refractivity contribution is 5.62. The second-order valence-electron chi connectivity index (χ2n) is 4.86. The third kappa shape index (κ3) is 3.55. The first-order valence-corrected chi connectivity index (χ1v) is 6.90. The van der Waals surface area contributed by atoms with Gasteiger partial charge in [-0.3, -0.25) is 10.1 Å². The predicted octanol–water partition coefficient (Wildman–Crippen LogP) is 2.61. The molecule has 0 aliphatic heterocycles. The Hall–Kier alpha value is -1.92. The second kappa shape index (κ2) is 7.02. The molecule has 0 radical (unpaired) electrons. The van der Waals surface area contributed by atoms with Crippen LogP contribution in [-0.4, -0.2) is 35.0 Å². The lowest BCUT2D eigenvalue weighted by Gasteiger charge is -2.25. The first kappa shape index (κ1) is 16.1. The van der Waals surface area contributed by atoms with Gasteiger partial charge in [0.15, 0.2) is 0 Å². The van der Waals surface area contributed by atoms with Gasteiger partial charge in [0.25, 0.3) is 0 Å². The SMILES string of the molecule is CCC(C)CN(CC)c1nc(NC)nc(C)c1[N+](=O)[O-]. The largest absolute Gasteiger partial charge is 0.357 e. The van der Waals surface area contributed by atoms with E-state index in [4.69, 9.17) is 0 Å². The van der Waals surface area contributed by atoms with Gasteiger partial charge in [0, 0.05) is 20.1 Å². The zero-order valence-electron chi connectivity index (χ0n) is 12.8. The van der Waals surface area contributed by atoms with Crippen LogP contribution >= 0.6 is 0 Å². The van der Waals surface area contributed by atoms with Crippen LogP contribution in [0.2, 0.25) is 0 Å². The number of aryl methyl sites for hydroxylation is 1. The quantitative estimate of drug-likeness (QED) is 0.611. The van der Waals surface area contributed by atoms with E-state index in [1.807, 2.05) is 11.8 Å². The van der Waals surface area contributed by atoms with E-state index in [1.165, 1.54) is 0 Å². The van der Waals surface area contributed by atoms with E-state index in [0.29, 0.717) is 29.9 Å². The van der Waals surface area contributed by atoms with Gasteiger partial charge >= 0.3 is 5.69 Å². The molecule has 20 heavy (non-hydrogen) atoms. The van der Waals surface area contributed by atoms with E-state index < -0.39 is 4.92 Å². The van der Waals surface area contributed by atoms with Gasteiger partial charge in [-0.15, -0.1) is 0 Å². The van der Waals surface area contributed by atoms with Gasteiger partial charge in [0.05, 0.1) is 4.92 Å². The minimum absolute atomic E-state index is 0.00541. The number of nitrogens with one attached hydrogen (secondary N) is 1. The summed E-state index contributed by atoms with van der Waals surface area (Å²) in [5.74, 6) is 1.25. The van der Waals surface area contributed by atoms with Crippen molar-refractivity contribution in [1.82, 2.24) is 9.97 Å². The molecular weight excluding hydrogens is 258 g/mol. The van der Waals surface area contributed by atoms with Crippen LogP contribution < -0.4 is 10.2 Å². The fraction of sp³-hybridized carbons (Fsp3) is 0.692. The molecule has 1 aromatic heterocycles. The third-order valence-corrected chi connectivity index (χ3v) is 3.36. The minimum atomic E-state index is -0.399. The Bertz CT molecular complexity index is 478. The maximum Gasteiger partial charge on any atom is 0.332 e. The predicted molar refractivity (Wildman–Crippen MR) is 80.3 cm³/mol. The summed E-state index contributed by atoms with van der Waals surface area (Å²) >= 11 is 0. The Morgan fingerprint density at radius 2 is 2.05 bits per heavy atom. The molecule has 1 N–H and O–H groups in total. The zero-order chi connectivity index (χ0) is 15.3. The molecule has 0 bridgehead atoms.